The van der Waals surface area contributed by atoms with Gasteiger partial charge in [-0.15, -0.1) is 0 Å². The molecule has 2 fully saturated rings. The summed E-state index contributed by atoms with van der Waals surface area (Å²) in [5.74, 6) is -13.1. The van der Waals surface area contributed by atoms with Crippen molar-refractivity contribution < 1.29 is 43.8 Å². The van der Waals surface area contributed by atoms with E-state index in [4.69, 9.17) is 0 Å². The largest absolute Gasteiger partial charge is 0.507 e. The first-order valence-corrected chi connectivity index (χ1v) is 19.7. The Hall–Kier alpha value is -5.41. The number of hydrogen-bond acceptors (Lipinski definition) is 9. The zero-order valence-electron chi connectivity index (χ0n) is 33.1. The lowest BCUT2D eigenvalue weighted by Gasteiger charge is -2.67. The maximum Gasteiger partial charge on any atom is 0.190 e. The summed E-state index contributed by atoms with van der Waals surface area (Å²) >= 11 is 0. The number of phenols is 1. The fraction of sp³-hybridized carbons (Fsp3) is 0.396. The van der Waals surface area contributed by atoms with Gasteiger partial charge in [0.2, 0.25) is 0 Å². The van der Waals surface area contributed by atoms with E-state index in [1.54, 1.807) is 64.1 Å². The third kappa shape index (κ3) is 5.79. The Balaban J connectivity index is 1.36. The molecule has 2 saturated carbocycles. The molecule has 3 aliphatic carbocycles. The second-order valence-electron chi connectivity index (χ2n) is 17.3. The Bertz CT molecular complexity index is 2390. The Morgan fingerprint density at radius 2 is 1.39 bits per heavy atom. The zero-order chi connectivity index (χ0) is 41.4. The van der Waals surface area contributed by atoms with Gasteiger partial charge < -0.3 is 10.2 Å². The minimum atomic E-state index is -3.00. The molecule has 0 aliphatic heterocycles. The second-order valence-corrected chi connectivity index (χ2v) is 17.3. The highest BCUT2D eigenvalue weighted by Gasteiger charge is 2.80. The van der Waals surface area contributed by atoms with E-state index in [0.717, 1.165) is 28.8 Å². The fourth-order valence-corrected chi connectivity index (χ4v) is 11.2. The van der Waals surface area contributed by atoms with Crippen molar-refractivity contribution in [2.75, 3.05) is 0 Å². The standard InChI is InChI=1S/C48H48O9/c1-25(2)39-42(53)37(27(4)49)44(55)48(57)45(56)40-43(54)38-34(26(3)46(40,5)36(47(39,48)6)24-32(50)21-28-13-8-7-9-14-28)20-19-31(41(38)52)23-33(51)22-30-17-12-16-29-15-10-11-18-35(29)30/h7-20,25-26,36-37,39-40,52,57H,21-24H2,1-6H3/t26-,36-,37?,39?,40?,46-,47-,48+/m1/s1. The molecule has 0 heterocycles. The van der Waals surface area contributed by atoms with Crippen molar-refractivity contribution in [3.63, 3.8) is 0 Å². The molecular formula is C48H48O9. The van der Waals surface area contributed by atoms with Crippen LogP contribution >= 0.6 is 0 Å². The van der Waals surface area contributed by atoms with Gasteiger partial charge >= 0.3 is 0 Å². The number of fused-ring (bicyclic) bond motifs is 4. The average Bonchev–Trinajstić information content (AvgIpc) is 3.15. The van der Waals surface area contributed by atoms with Gasteiger partial charge in [-0.05, 0) is 57.6 Å². The quantitative estimate of drug-likeness (QED) is 0.170. The van der Waals surface area contributed by atoms with Gasteiger partial charge in [-0.25, -0.2) is 0 Å². The Kier molecular flexibility index (Phi) is 9.92. The number of benzene rings is 4. The normalized spacial score (nSPS) is 29.5. The SMILES string of the molecule is CC(=O)C1C(=O)C(C(C)C)[C@@]2(C)[C@H](CC(=O)Cc3ccccc3)[C@]3(C)C(C(=O)c4c(ccc(CC(=O)Cc5cccc6ccccc56)c4O)[C@H]3C)C(=O)[C@@]2(O)C1=O. The van der Waals surface area contributed by atoms with Crippen molar-refractivity contribution in [3.05, 3.63) is 113 Å². The first-order chi connectivity index (χ1) is 26.9. The average molecular weight is 769 g/mol. The molecule has 0 bridgehead atoms. The molecule has 3 unspecified atom stereocenters. The Morgan fingerprint density at radius 3 is 2.05 bits per heavy atom. The van der Waals surface area contributed by atoms with E-state index in [1.807, 2.05) is 48.5 Å². The van der Waals surface area contributed by atoms with Crippen LogP contribution in [0, 0.1) is 40.4 Å². The van der Waals surface area contributed by atoms with Crippen LogP contribution in [-0.2, 0) is 48.0 Å². The summed E-state index contributed by atoms with van der Waals surface area (Å²) < 4.78 is 0. The van der Waals surface area contributed by atoms with Crippen LogP contribution in [0.2, 0.25) is 0 Å². The van der Waals surface area contributed by atoms with Crippen LogP contribution in [-0.4, -0.2) is 56.3 Å². The predicted molar refractivity (Wildman–Crippen MR) is 213 cm³/mol. The summed E-state index contributed by atoms with van der Waals surface area (Å²) in [4.78, 5) is 99.9. The van der Waals surface area contributed by atoms with E-state index in [0.29, 0.717) is 5.56 Å². The van der Waals surface area contributed by atoms with Crippen LogP contribution in [0.15, 0.2) is 84.9 Å². The van der Waals surface area contributed by atoms with Crippen molar-refractivity contribution >= 4 is 51.3 Å². The van der Waals surface area contributed by atoms with Gasteiger partial charge in [0.25, 0.3) is 0 Å². The number of hydrogen-bond donors (Lipinski definition) is 2. The van der Waals surface area contributed by atoms with E-state index in [2.05, 4.69) is 0 Å². The summed E-state index contributed by atoms with van der Waals surface area (Å²) in [5, 5.41) is 26.7. The molecule has 4 aromatic rings. The third-order valence-corrected chi connectivity index (χ3v) is 14.0. The van der Waals surface area contributed by atoms with Gasteiger partial charge in [0.05, 0.1) is 11.5 Å². The first-order valence-electron chi connectivity index (χ1n) is 19.7. The molecular weight excluding hydrogens is 721 g/mol. The molecule has 0 amide bonds. The van der Waals surface area contributed by atoms with Crippen molar-refractivity contribution in [2.24, 2.45) is 40.4 Å². The molecule has 294 valence electrons. The molecule has 0 saturated heterocycles. The lowest BCUT2D eigenvalue weighted by molar-refractivity contribution is -0.225. The van der Waals surface area contributed by atoms with Crippen molar-refractivity contribution in [3.8, 4) is 5.75 Å². The van der Waals surface area contributed by atoms with Crippen LogP contribution in [0.3, 0.4) is 0 Å². The molecule has 57 heavy (non-hydrogen) atoms. The van der Waals surface area contributed by atoms with E-state index >= 15 is 9.59 Å². The lowest BCUT2D eigenvalue weighted by atomic mass is 9.34. The summed E-state index contributed by atoms with van der Waals surface area (Å²) in [6.07, 6.45) is -0.445. The van der Waals surface area contributed by atoms with Crippen LogP contribution in [0.5, 0.6) is 5.75 Å². The zero-order valence-corrected chi connectivity index (χ0v) is 33.1. The van der Waals surface area contributed by atoms with Gasteiger partial charge in [-0.3, -0.25) is 33.6 Å². The minimum Gasteiger partial charge on any atom is -0.507 e. The molecule has 0 aromatic heterocycles. The van der Waals surface area contributed by atoms with Crippen LogP contribution in [0.25, 0.3) is 10.8 Å². The number of aromatic hydroxyl groups is 1. The number of carbonyl (C=O) groups excluding carboxylic acids is 7. The maximum absolute atomic E-state index is 15.2. The van der Waals surface area contributed by atoms with Gasteiger partial charge in [0.1, 0.15) is 29.0 Å². The molecule has 0 spiro atoms. The topological polar surface area (TPSA) is 160 Å². The number of rotatable bonds is 10. The molecule has 9 heteroatoms. The Labute approximate surface area is 331 Å². The Morgan fingerprint density at radius 1 is 0.754 bits per heavy atom. The molecule has 2 N–H and O–H groups in total. The van der Waals surface area contributed by atoms with Crippen molar-refractivity contribution in [2.45, 2.75) is 78.7 Å². The highest BCUT2D eigenvalue weighted by molar-refractivity contribution is 6.33. The van der Waals surface area contributed by atoms with Crippen LogP contribution < -0.4 is 0 Å². The van der Waals surface area contributed by atoms with E-state index < -0.39 is 86.6 Å². The summed E-state index contributed by atoms with van der Waals surface area (Å²) in [6, 6.07) is 25.7. The number of ketones is 7. The summed E-state index contributed by atoms with van der Waals surface area (Å²) in [6.45, 7) is 9.48. The number of aliphatic hydroxyl groups is 1. The molecule has 3 aliphatic rings. The maximum atomic E-state index is 15.2. The van der Waals surface area contributed by atoms with Gasteiger partial charge in [-0.1, -0.05) is 120 Å². The molecule has 8 atom stereocenters. The summed E-state index contributed by atoms with van der Waals surface area (Å²) in [7, 11) is 0. The van der Waals surface area contributed by atoms with E-state index in [1.165, 1.54) is 6.92 Å². The summed E-state index contributed by atoms with van der Waals surface area (Å²) in [5.41, 5.74) is -4.44. The van der Waals surface area contributed by atoms with Crippen molar-refractivity contribution in [1.82, 2.24) is 0 Å². The molecule has 0 radical (unpaired) electrons. The number of carbonyl (C=O) groups is 7. The number of Topliss-reactive ketones (excluding diaryl/α,β-unsaturated/α-hetero) is 7. The fourth-order valence-electron chi connectivity index (χ4n) is 11.2. The van der Waals surface area contributed by atoms with E-state index in [9.17, 15) is 34.2 Å². The minimum absolute atomic E-state index is 0.0132. The highest BCUT2D eigenvalue weighted by atomic mass is 16.3. The van der Waals surface area contributed by atoms with Crippen LogP contribution in [0.4, 0.5) is 0 Å². The monoisotopic (exact) mass is 768 g/mol. The van der Waals surface area contributed by atoms with Gasteiger partial charge in [0.15, 0.2) is 28.7 Å². The van der Waals surface area contributed by atoms with Gasteiger partial charge in [0, 0.05) is 42.6 Å². The first kappa shape index (κ1) is 39.8. The molecule has 7 rings (SSSR count). The molecule has 4 aromatic carbocycles. The van der Waals surface area contributed by atoms with Gasteiger partial charge in [-0.2, -0.15) is 0 Å². The smallest absolute Gasteiger partial charge is 0.190 e. The lowest BCUT2D eigenvalue weighted by Crippen LogP contribution is -2.80. The molecule has 9 nitrogen and oxygen atoms in total. The second kappa shape index (κ2) is 14.2. The predicted octanol–water partition coefficient (Wildman–Crippen LogP) is 6.59. The van der Waals surface area contributed by atoms with E-state index in [-0.39, 0.29) is 48.4 Å². The number of phenolic OH excluding ortho intramolecular Hbond substituents is 1. The van der Waals surface area contributed by atoms with Crippen molar-refractivity contribution in [1.29, 1.82) is 0 Å². The third-order valence-electron chi connectivity index (χ3n) is 14.0. The van der Waals surface area contributed by atoms with Crippen LogP contribution in [0.1, 0.15) is 86.5 Å². The highest BCUT2D eigenvalue weighted by Crippen LogP contribution is 2.70.